The van der Waals surface area contributed by atoms with Crippen molar-refractivity contribution in [1.82, 2.24) is 4.90 Å². The van der Waals surface area contributed by atoms with Crippen LogP contribution in [0.2, 0.25) is 0 Å². The molecule has 1 fully saturated rings. The van der Waals surface area contributed by atoms with E-state index in [4.69, 9.17) is 30.5 Å². The van der Waals surface area contributed by atoms with E-state index in [0.717, 1.165) is 28.2 Å². The lowest BCUT2D eigenvalue weighted by atomic mass is 9.74. The molecule has 206 valence electrons. The predicted octanol–water partition coefficient (Wildman–Crippen LogP) is 6.24. The van der Waals surface area contributed by atoms with Gasteiger partial charge in [0, 0.05) is 5.88 Å². The smallest absolute Gasteiger partial charge is 0.497 e. The third-order valence-corrected chi connectivity index (χ3v) is 7.67. The molecule has 1 aliphatic rings. The summed E-state index contributed by atoms with van der Waals surface area (Å²) in [6.45, 7) is 3.83. The maximum atomic E-state index is 13.8. The monoisotopic (exact) mass is 551 g/mol. The molecule has 1 saturated heterocycles. The van der Waals surface area contributed by atoms with Crippen LogP contribution in [0.4, 0.5) is 4.79 Å². The van der Waals surface area contributed by atoms with Crippen LogP contribution >= 0.6 is 11.6 Å². The van der Waals surface area contributed by atoms with Crippen LogP contribution in [0.25, 0.3) is 0 Å². The zero-order valence-electron chi connectivity index (χ0n) is 22.6. The van der Waals surface area contributed by atoms with Crippen molar-refractivity contribution in [1.29, 1.82) is 0 Å². The number of hydrogen-bond donors (Lipinski definition) is 0. The van der Waals surface area contributed by atoms with E-state index in [-0.39, 0.29) is 30.5 Å². The van der Waals surface area contributed by atoms with E-state index in [0.29, 0.717) is 5.88 Å². The number of β-lactam (4-membered cyclic amide) rings is 1. The molecule has 3 aromatic carbocycles. The molecule has 4 rings (SSSR count). The molecule has 0 spiro atoms. The lowest BCUT2D eigenvalue weighted by molar-refractivity contribution is -0.173. The van der Waals surface area contributed by atoms with Gasteiger partial charge < -0.3 is 23.8 Å². The van der Waals surface area contributed by atoms with Crippen molar-refractivity contribution in [2.75, 3.05) is 20.1 Å². The van der Waals surface area contributed by atoms with Crippen LogP contribution < -0.4 is 9.47 Å². The Kier molecular flexibility index (Phi) is 9.36. The SMILES string of the molecule is COc1ccc(C(c2ccc(OC)cc2)N2C(=O)[C@H]([C@@H](C)OC(=O)OCc3ccccc3)[C@H]2C(C)CCl)cc1. The Morgan fingerprint density at radius 1 is 0.872 bits per heavy atom. The van der Waals surface area contributed by atoms with Crippen LogP contribution in [-0.2, 0) is 20.9 Å². The Balaban J connectivity index is 1.58. The zero-order chi connectivity index (χ0) is 27.9. The summed E-state index contributed by atoms with van der Waals surface area (Å²) >= 11 is 6.34. The van der Waals surface area contributed by atoms with Crippen LogP contribution in [0.3, 0.4) is 0 Å². The number of methoxy groups -OCH3 is 2. The Bertz CT molecular complexity index is 1190. The quantitative estimate of drug-likeness (QED) is 0.160. The van der Waals surface area contributed by atoms with E-state index in [1.807, 2.05) is 90.7 Å². The number of alkyl halides is 1. The summed E-state index contributed by atoms with van der Waals surface area (Å²) in [7, 11) is 3.23. The van der Waals surface area contributed by atoms with E-state index in [9.17, 15) is 9.59 Å². The highest BCUT2D eigenvalue weighted by molar-refractivity contribution is 6.18. The van der Waals surface area contributed by atoms with Crippen LogP contribution in [0.1, 0.15) is 36.6 Å². The number of carbonyl (C=O) groups excluding carboxylic acids is 2. The predicted molar refractivity (Wildman–Crippen MR) is 149 cm³/mol. The van der Waals surface area contributed by atoms with Crippen molar-refractivity contribution in [3.8, 4) is 11.5 Å². The van der Waals surface area contributed by atoms with E-state index < -0.39 is 18.2 Å². The van der Waals surface area contributed by atoms with Gasteiger partial charge in [-0.2, -0.15) is 0 Å². The second kappa shape index (κ2) is 12.9. The van der Waals surface area contributed by atoms with Crippen LogP contribution in [0.5, 0.6) is 11.5 Å². The summed E-state index contributed by atoms with van der Waals surface area (Å²) in [5, 5.41) is 0. The maximum Gasteiger partial charge on any atom is 0.508 e. The maximum absolute atomic E-state index is 13.8. The van der Waals surface area contributed by atoms with Crippen LogP contribution in [-0.4, -0.2) is 49.2 Å². The number of benzene rings is 3. The van der Waals surface area contributed by atoms with Gasteiger partial charge in [-0.05, 0) is 53.8 Å². The van der Waals surface area contributed by atoms with E-state index in [1.54, 1.807) is 21.1 Å². The molecule has 1 unspecified atom stereocenters. The fourth-order valence-electron chi connectivity index (χ4n) is 5.11. The Morgan fingerprint density at radius 2 is 1.41 bits per heavy atom. The molecule has 1 amide bonds. The number of ether oxygens (including phenoxy) is 4. The highest BCUT2D eigenvalue weighted by Crippen LogP contribution is 2.45. The molecule has 0 aliphatic carbocycles. The Labute approximate surface area is 234 Å². The second-order valence-electron chi connectivity index (χ2n) is 9.69. The number of nitrogens with zero attached hydrogens (tertiary/aromatic N) is 1. The molecule has 0 saturated carbocycles. The number of halogens is 1. The van der Waals surface area contributed by atoms with Gasteiger partial charge in [-0.3, -0.25) is 4.79 Å². The first-order valence-corrected chi connectivity index (χ1v) is 13.4. The normalized spacial score (nSPS) is 18.2. The minimum Gasteiger partial charge on any atom is -0.497 e. The average molecular weight is 552 g/mol. The van der Waals surface area contributed by atoms with E-state index in [2.05, 4.69) is 0 Å². The summed E-state index contributed by atoms with van der Waals surface area (Å²) < 4.78 is 21.6. The van der Waals surface area contributed by atoms with E-state index >= 15 is 0 Å². The van der Waals surface area contributed by atoms with Gasteiger partial charge in [0.2, 0.25) is 5.91 Å². The first-order valence-electron chi connectivity index (χ1n) is 12.9. The zero-order valence-corrected chi connectivity index (χ0v) is 23.3. The van der Waals surface area contributed by atoms with Crippen LogP contribution in [0, 0.1) is 11.8 Å². The molecular weight excluding hydrogens is 518 g/mol. The fraction of sp³-hybridized carbons (Fsp3) is 0.355. The molecule has 0 bridgehead atoms. The van der Waals surface area contributed by atoms with Gasteiger partial charge in [0.05, 0.1) is 32.2 Å². The van der Waals surface area contributed by atoms with Gasteiger partial charge in [-0.15, -0.1) is 11.6 Å². The van der Waals surface area contributed by atoms with E-state index in [1.165, 1.54) is 0 Å². The molecular formula is C31H34ClNO6. The highest BCUT2D eigenvalue weighted by Gasteiger charge is 2.56. The van der Waals surface area contributed by atoms with Gasteiger partial charge in [-0.1, -0.05) is 61.5 Å². The average Bonchev–Trinajstić information content (AvgIpc) is 2.97. The Hall–Kier alpha value is -3.71. The van der Waals surface area contributed by atoms with Crippen molar-refractivity contribution >= 4 is 23.7 Å². The van der Waals surface area contributed by atoms with Gasteiger partial charge >= 0.3 is 6.16 Å². The third kappa shape index (κ3) is 6.31. The van der Waals surface area contributed by atoms with Crippen molar-refractivity contribution in [3.05, 3.63) is 95.6 Å². The first kappa shape index (κ1) is 28.3. The number of hydrogen-bond acceptors (Lipinski definition) is 6. The van der Waals surface area contributed by atoms with Gasteiger partial charge in [-0.25, -0.2) is 4.79 Å². The standard InChI is InChI=1S/C31H34ClNO6/c1-20(18-32)28-27(21(2)39-31(35)38-19-22-8-6-5-7-9-22)30(34)33(28)29(23-10-14-25(36-3)15-11-23)24-12-16-26(37-4)17-13-24/h5-17,20-21,27-29H,18-19H2,1-4H3/t20?,21-,27-,28-/m1/s1. The number of amides is 1. The minimum absolute atomic E-state index is 0.0558. The summed E-state index contributed by atoms with van der Waals surface area (Å²) in [5.74, 6) is 1.07. The van der Waals surface area contributed by atoms with Gasteiger partial charge in [0.25, 0.3) is 0 Å². The molecule has 0 aromatic heterocycles. The summed E-state index contributed by atoms with van der Waals surface area (Å²) in [4.78, 5) is 28.2. The molecule has 0 N–H and O–H groups in total. The van der Waals surface area contributed by atoms with Crippen molar-refractivity contribution < 1.29 is 28.5 Å². The molecule has 1 heterocycles. The van der Waals surface area contributed by atoms with Gasteiger partial charge in [0.15, 0.2) is 0 Å². The molecule has 4 atom stereocenters. The third-order valence-electron chi connectivity index (χ3n) is 7.18. The highest BCUT2D eigenvalue weighted by atomic mass is 35.5. The van der Waals surface area contributed by atoms with Gasteiger partial charge in [0.1, 0.15) is 24.2 Å². The van der Waals surface area contributed by atoms with Crippen molar-refractivity contribution in [2.24, 2.45) is 11.8 Å². The number of rotatable bonds is 11. The Morgan fingerprint density at radius 3 is 1.90 bits per heavy atom. The molecule has 8 heteroatoms. The lowest BCUT2D eigenvalue weighted by Crippen LogP contribution is -2.67. The molecule has 1 aliphatic heterocycles. The molecule has 3 aromatic rings. The second-order valence-corrected chi connectivity index (χ2v) is 10.00. The summed E-state index contributed by atoms with van der Waals surface area (Å²) in [5.41, 5.74) is 2.70. The fourth-order valence-corrected chi connectivity index (χ4v) is 5.30. The number of likely N-dealkylation sites (tertiary alicyclic amines) is 1. The van der Waals surface area contributed by atoms with Crippen molar-refractivity contribution in [3.63, 3.8) is 0 Å². The van der Waals surface area contributed by atoms with Crippen LogP contribution in [0.15, 0.2) is 78.9 Å². The molecule has 7 nitrogen and oxygen atoms in total. The minimum atomic E-state index is -0.809. The lowest BCUT2D eigenvalue weighted by Gasteiger charge is -2.54. The largest absolute Gasteiger partial charge is 0.508 e. The molecule has 0 radical (unpaired) electrons. The molecule has 39 heavy (non-hydrogen) atoms. The van der Waals surface area contributed by atoms with Crippen molar-refractivity contribution in [2.45, 2.75) is 38.6 Å². The topological polar surface area (TPSA) is 74.3 Å². The number of carbonyl (C=O) groups is 2. The summed E-state index contributed by atoms with van der Waals surface area (Å²) in [6, 6.07) is 24.0. The summed E-state index contributed by atoms with van der Waals surface area (Å²) in [6.07, 6.45) is -1.50. The first-order chi connectivity index (χ1) is 18.9.